The number of amides is 3. The molecule has 49 heavy (non-hydrogen) atoms. The Kier molecular flexibility index (Phi) is 9.13. The number of para-hydroxylation sites is 1. The topological polar surface area (TPSA) is 116 Å². The maximum Gasteiger partial charge on any atom is 0.264 e. The van der Waals surface area contributed by atoms with Crippen LogP contribution in [0.15, 0.2) is 87.7 Å². The van der Waals surface area contributed by atoms with Crippen LogP contribution in [0.1, 0.15) is 50.3 Å². The van der Waals surface area contributed by atoms with Gasteiger partial charge in [-0.3, -0.25) is 19.4 Å². The lowest BCUT2D eigenvalue weighted by atomic mass is 9.77. The van der Waals surface area contributed by atoms with Gasteiger partial charge in [0.2, 0.25) is 0 Å². The number of fused-ring (bicyclic) bond motifs is 2. The maximum absolute atomic E-state index is 14.3. The molecule has 3 aromatic carbocycles. The fourth-order valence-electron chi connectivity index (χ4n) is 6.98. The van der Waals surface area contributed by atoms with E-state index in [-0.39, 0.29) is 34.1 Å². The lowest BCUT2D eigenvalue weighted by molar-refractivity contribution is -0.136. The molecule has 1 saturated heterocycles. The Labute approximate surface area is 293 Å². The fraction of sp³-hybridized carbons (Fsp3) is 0.333. The zero-order chi connectivity index (χ0) is 34.2. The van der Waals surface area contributed by atoms with Crippen molar-refractivity contribution in [1.82, 2.24) is 10.0 Å². The van der Waals surface area contributed by atoms with Gasteiger partial charge in [-0.05, 0) is 92.3 Å². The minimum absolute atomic E-state index is 0.0508. The second-order valence-electron chi connectivity index (χ2n) is 12.1. The highest BCUT2D eigenvalue weighted by Gasteiger charge is 2.56. The van der Waals surface area contributed by atoms with E-state index in [1.807, 2.05) is 62.4 Å². The molecule has 11 nitrogen and oxygen atoms in total. The SMILES string of the molecule is CCOc1ccc(/C=C2\CCC[C@@H]3C2=NN(C(=O)CN2N=N[C@@H]4C(=O)N(c5c(Cl)cccc5Cl)C(=O)[C@H]42)[C@H]3c2ccc(OCC)cc2)cc1. The van der Waals surface area contributed by atoms with Crippen molar-refractivity contribution in [3.63, 3.8) is 0 Å². The first-order chi connectivity index (χ1) is 23.8. The molecule has 0 unspecified atom stereocenters. The molecule has 3 amide bonds. The Hall–Kier alpha value is -4.74. The van der Waals surface area contributed by atoms with Crippen LogP contribution < -0.4 is 14.4 Å². The van der Waals surface area contributed by atoms with Crippen molar-refractivity contribution in [2.24, 2.45) is 21.4 Å². The number of benzene rings is 3. The van der Waals surface area contributed by atoms with Crippen LogP contribution in [-0.2, 0) is 14.4 Å². The molecule has 7 rings (SSSR count). The second kappa shape index (κ2) is 13.6. The summed E-state index contributed by atoms with van der Waals surface area (Å²) in [4.78, 5) is 42.3. The number of carbonyl (C=O) groups is 3. The number of ether oxygens (including phenoxy) is 2. The van der Waals surface area contributed by atoms with E-state index in [2.05, 4.69) is 16.4 Å². The summed E-state index contributed by atoms with van der Waals surface area (Å²) in [5.41, 5.74) is 3.95. The number of anilines is 1. The van der Waals surface area contributed by atoms with Crippen LogP contribution in [0.2, 0.25) is 10.0 Å². The quantitative estimate of drug-likeness (QED) is 0.224. The lowest BCUT2D eigenvalue weighted by Crippen LogP contribution is -2.45. The van der Waals surface area contributed by atoms with Gasteiger partial charge in [0, 0.05) is 5.92 Å². The summed E-state index contributed by atoms with van der Waals surface area (Å²) >= 11 is 12.7. The summed E-state index contributed by atoms with van der Waals surface area (Å²) in [6, 6.07) is 17.7. The van der Waals surface area contributed by atoms with Crippen molar-refractivity contribution >= 4 is 58.4 Å². The van der Waals surface area contributed by atoms with Crippen molar-refractivity contribution in [3.8, 4) is 11.5 Å². The van der Waals surface area contributed by atoms with Crippen LogP contribution in [0.3, 0.4) is 0 Å². The number of hydrazone groups is 1. The zero-order valence-corrected chi connectivity index (χ0v) is 28.5. The molecule has 1 aliphatic carbocycles. The Morgan fingerprint density at radius 3 is 2.20 bits per heavy atom. The Morgan fingerprint density at radius 1 is 0.898 bits per heavy atom. The third kappa shape index (κ3) is 6.06. The van der Waals surface area contributed by atoms with Crippen LogP contribution in [0.25, 0.3) is 6.08 Å². The second-order valence-corrected chi connectivity index (χ2v) is 12.9. The molecule has 0 spiro atoms. The first-order valence-corrected chi connectivity index (χ1v) is 17.1. The Morgan fingerprint density at radius 2 is 1.55 bits per heavy atom. The predicted molar refractivity (Wildman–Crippen MR) is 186 cm³/mol. The standard InChI is InChI=1S/C36H34Cl2N6O5/c1-3-48-24-15-11-21(12-16-24)19-23-7-5-8-26-30(23)40-44(32(26)22-13-17-25(18-14-22)49-4-2)29(45)20-42-34-31(39-41-42)35(46)43(36(34)47)33-27(37)9-6-10-28(33)38/h6,9-19,26,31-32,34H,3-5,7-8,20H2,1-2H3/b23-19+/t26-,31+,32+,34+/m1/s1. The number of nitrogens with zero attached hydrogens (tertiary/aromatic N) is 6. The number of rotatable bonds is 9. The summed E-state index contributed by atoms with van der Waals surface area (Å²) in [6.45, 7) is 4.69. The van der Waals surface area contributed by atoms with E-state index in [4.69, 9.17) is 37.8 Å². The Balaban J connectivity index is 1.19. The largest absolute Gasteiger partial charge is 0.494 e. The highest BCUT2D eigenvalue weighted by Crippen LogP contribution is 2.45. The molecule has 252 valence electrons. The molecule has 4 atom stereocenters. The minimum Gasteiger partial charge on any atom is -0.494 e. The van der Waals surface area contributed by atoms with Crippen molar-refractivity contribution in [3.05, 3.63) is 93.5 Å². The first kappa shape index (κ1) is 32.8. The highest BCUT2D eigenvalue weighted by molar-refractivity contribution is 6.42. The molecule has 0 aromatic heterocycles. The molecule has 0 bridgehead atoms. The first-order valence-electron chi connectivity index (χ1n) is 16.3. The highest BCUT2D eigenvalue weighted by atomic mass is 35.5. The zero-order valence-electron chi connectivity index (χ0n) is 27.0. The van der Waals surface area contributed by atoms with Crippen LogP contribution >= 0.6 is 23.2 Å². The molecule has 0 radical (unpaired) electrons. The molecule has 3 aromatic rings. The van der Waals surface area contributed by atoms with Crippen LogP contribution in [0.4, 0.5) is 5.69 Å². The van der Waals surface area contributed by atoms with E-state index in [0.29, 0.717) is 13.2 Å². The third-order valence-electron chi connectivity index (χ3n) is 9.14. The third-order valence-corrected chi connectivity index (χ3v) is 9.75. The summed E-state index contributed by atoms with van der Waals surface area (Å²) in [7, 11) is 0. The van der Waals surface area contributed by atoms with Gasteiger partial charge in [0.15, 0.2) is 12.1 Å². The number of hydrogen-bond acceptors (Lipinski definition) is 9. The smallest absolute Gasteiger partial charge is 0.264 e. The monoisotopic (exact) mass is 700 g/mol. The summed E-state index contributed by atoms with van der Waals surface area (Å²) in [5.74, 6) is -0.0988. The van der Waals surface area contributed by atoms with Crippen LogP contribution in [0, 0.1) is 5.92 Å². The summed E-state index contributed by atoms with van der Waals surface area (Å²) in [5, 5.41) is 16.3. The van der Waals surface area contributed by atoms with Gasteiger partial charge in [0.25, 0.3) is 17.7 Å². The van der Waals surface area contributed by atoms with E-state index in [1.54, 1.807) is 18.2 Å². The maximum atomic E-state index is 14.3. The van der Waals surface area contributed by atoms with Gasteiger partial charge in [0.1, 0.15) is 18.0 Å². The average Bonchev–Trinajstić information content (AvgIpc) is 3.76. The average molecular weight is 702 g/mol. The van der Waals surface area contributed by atoms with Crippen LogP contribution in [-0.4, -0.2) is 65.3 Å². The molecule has 13 heteroatoms. The predicted octanol–water partition coefficient (Wildman–Crippen LogP) is 6.91. The van der Waals surface area contributed by atoms with Gasteiger partial charge < -0.3 is 9.47 Å². The van der Waals surface area contributed by atoms with E-state index in [0.717, 1.165) is 58.1 Å². The minimum atomic E-state index is -1.12. The van der Waals surface area contributed by atoms with E-state index >= 15 is 0 Å². The van der Waals surface area contributed by atoms with Gasteiger partial charge in [-0.2, -0.15) is 10.2 Å². The van der Waals surface area contributed by atoms with Gasteiger partial charge in [-0.15, -0.1) is 0 Å². The number of halogens is 2. The van der Waals surface area contributed by atoms with E-state index < -0.39 is 29.9 Å². The number of hydrogen-bond donors (Lipinski definition) is 0. The molecule has 1 saturated carbocycles. The van der Waals surface area contributed by atoms with E-state index in [9.17, 15) is 14.4 Å². The summed E-state index contributed by atoms with van der Waals surface area (Å²) in [6.07, 6.45) is 4.72. The van der Waals surface area contributed by atoms with Gasteiger partial charge >= 0.3 is 0 Å². The molecular formula is C36H34Cl2N6O5. The number of carbonyl (C=O) groups excluding carboxylic acids is 3. The van der Waals surface area contributed by atoms with Crippen molar-refractivity contribution < 1.29 is 23.9 Å². The number of allylic oxidation sites excluding steroid dienone is 1. The number of imide groups is 1. The van der Waals surface area contributed by atoms with Crippen LogP contribution in [0.5, 0.6) is 11.5 Å². The van der Waals surface area contributed by atoms with E-state index in [1.165, 1.54) is 10.0 Å². The fourth-order valence-corrected chi connectivity index (χ4v) is 7.55. The molecular weight excluding hydrogens is 667 g/mol. The molecule has 3 heterocycles. The van der Waals surface area contributed by atoms with Crippen molar-refractivity contribution in [2.45, 2.75) is 51.2 Å². The molecule has 4 aliphatic rings. The van der Waals surface area contributed by atoms with Crippen molar-refractivity contribution in [1.29, 1.82) is 0 Å². The van der Waals surface area contributed by atoms with Crippen molar-refractivity contribution in [2.75, 3.05) is 24.7 Å². The van der Waals surface area contributed by atoms with Gasteiger partial charge in [0.05, 0.1) is 40.7 Å². The summed E-state index contributed by atoms with van der Waals surface area (Å²) < 4.78 is 11.3. The van der Waals surface area contributed by atoms with Gasteiger partial charge in [-0.25, -0.2) is 9.91 Å². The normalized spacial score (nSPS) is 23.6. The molecule has 3 aliphatic heterocycles. The lowest BCUT2D eigenvalue weighted by Gasteiger charge is -2.30. The molecule has 2 fully saturated rings. The molecule has 0 N–H and O–H groups in total. The Bertz CT molecular complexity index is 1860. The van der Waals surface area contributed by atoms with Gasteiger partial charge in [-0.1, -0.05) is 58.8 Å².